The molecule has 2 aliphatic rings. The summed E-state index contributed by atoms with van der Waals surface area (Å²) < 4.78 is 18.6. The normalized spacial score (nSPS) is 35.4. The summed E-state index contributed by atoms with van der Waals surface area (Å²) in [5.41, 5.74) is 0.122. The molecule has 0 aromatic heterocycles. The second-order valence-electron chi connectivity index (χ2n) is 5.54. The lowest BCUT2D eigenvalue weighted by Crippen LogP contribution is -2.60. The van der Waals surface area contributed by atoms with Crippen molar-refractivity contribution in [3.8, 4) is 0 Å². The summed E-state index contributed by atoms with van der Waals surface area (Å²) in [5.74, 6) is -0.242. The fourth-order valence-corrected chi connectivity index (χ4v) is 3.19. The number of nitrogens with one attached hydrogen (secondary N) is 1. The third kappa shape index (κ3) is 2.55. The number of hydrogen-bond donors (Lipinski definition) is 2. The van der Waals surface area contributed by atoms with E-state index in [4.69, 9.17) is 4.74 Å². The maximum absolute atomic E-state index is 13.2. The van der Waals surface area contributed by atoms with Gasteiger partial charge in [0.25, 0.3) is 0 Å². The van der Waals surface area contributed by atoms with E-state index in [1.165, 1.54) is 12.1 Å². The zero-order valence-electron chi connectivity index (χ0n) is 10.2. The van der Waals surface area contributed by atoms with Crippen molar-refractivity contribution in [1.29, 1.82) is 0 Å². The predicted molar refractivity (Wildman–Crippen MR) is 65.8 cm³/mol. The van der Waals surface area contributed by atoms with Crippen LogP contribution in [-0.4, -0.2) is 36.0 Å². The molecule has 2 aliphatic heterocycles. The van der Waals surface area contributed by atoms with Crippen LogP contribution in [0.25, 0.3) is 0 Å². The van der Waals surface area contributed by atoms with E-state index in [9.17, 15) is 9.50 Å². The molecule has 0 saturated carbocycles. The Balaban J connectivity index is 1.74. The molecule has 2 unspecified atom stereocenters. The van der Waals surface area contributed by atoms with Crippen LogP contribution in [0.1, 0.15) is 18.4 Å². The van der Waals surface area contributed by atoms with Gasteiger partial charge in [0.2, 0.25) is 0 Å². The van der Waals surface area contributed by atoms with Crippen LogP contribution in [0.2, 0.25) is 0 Å². The van der Waals surface area contributed by atoms with Gasteiger partial charge in [0, 0.05) is 18.5 Å². The van der Waals surface area contributed by atoms with Gasteiger partial charge in [-0.3, -0.25) is 0 Å². The molecule has 2 atom stereocenters. The van der Waals surface area contributed by atoms with Crippen LogP contribution in [-0.2, 0) is 11.2 Å². The Morgan fingerprint density at radius 2 is 2.06 bits per heavy atom. The molecule has 1 aromatic rings. The van der Waals surface area contributed by atoms with Gasteiger partial charge in [-0.1, -0.05) is 12.1 Å². The molecule has 2 N–H and O–H groups in total. The van der Waals surface area contributed by atoms with Crippen LogP contribution < -0.4 is 5.32 Å². The molecule has 98 valence electrons. The predicted octanol–water partition coefficient (Wildman–Crippen LogP) is 1.25. The Labute approximate surface area is 106 Å². The Morgan fingerprint density at radius 1 is 1.33 bits per heavy atom. The molecule has 2 heterocycles. The monoisotopic (exact) mass is 251 g/mol. The first-order chi connectivity index (χ1) is 8.63. The molecule has 0 spiro atoms. The fourth-order valence-electron chi connectivity index (χ4n) is 3.19. The van der Waals surface area contributed by atoms with Crippen LogP contribution in [0.4, 0.5) is 4.39 Å². The maximum atomic E-state index is 13.2. The molecule has 18 heavy (non-hydrogen) atoms. The van der Waals surface area contributed by atoms with Crippen LogP contribution in [0.5, 0.6) is 0 Å². The number of hydrogen-bond acceptors (Lipinski definition) is 3. The summed E-state index contributed by atoms with van der Waals surface area (Å²) in [6.45, 7) is 1.31. The van der Waals surface area contributed by atoms with Crippen molar-refractivity contribution >= 4 is 0 Å². The number of morpholine rings is 1. The molecule has 0 radical (unpaired) electrons. The summed E-state index contributed by atoms with van der Waals surface area (Å²) in [6, 6.07) is 6.94. The minimum absolute atomic E-state index is 0.219. The summed E-state index contributed by atoms with van der Waals surface area (Å²) in [4.78, 5) is 0. The highest BCUT2D eigenvalue weighted by atomic mass is 19.1. The maximum Gasteiger partial charge on any atom is 0.123 e. The van der Waals surface area contributed by atoms with Gasteiger partial charge in [-0.15, -0.1) is 0 Å². The van der Waals surface area contributed by atoms with E-state index in [1.807, 2.05) is 6.07 Å². The summed E-state index contributed by atoms with van der Waals surface area (Å²) >= 11 is 0. The number of ether oxygens (including phenoxy) is 1. The van der Waals surface area contributed by atoms with Gasteiger partial charge in [-0.2, -0.15) is 0 Å². The van der Waals surface area contributed by atoms with Crippen molar-refractivity contribution < 1.29 is 14.2 Å². The topological polar surface area (TPSA) is 41.5 Å². The van der Waals surface area contributed by atoms with Gasteiger partial charge in [0.1, 0.15) is 5.82 Å². The second-order valence-corrected chi connectivity index (χ2v) is 5.54. The number of benzene rings is 1. The number of piperidine rings is 1. The first-order valence-corrected chi connectivity index (χ1v) is 6.44. The van der Waals surface area contributed by atoms with Gasteiger partial charge >= 0.3 is 0 Å². The van der Waals surface area contributed by atoms with E-state index in [0.29, 0.717) is 32.5 Å². The summed E-state index contributed by atoms with van der Waals surface area (Å²) in [7, 11) is 0. The third-order valence-corrected chi connectivity index (χ3v) is 3.78. The lowest BCUT2D eigenvalue weighted by molar-refractivity contribution is -0.0755. The number of rotatable bonds is 2. The summed E-state index contributed by atoms with van der Waals surface area (Å²) in [5, 5.41) is 14.1. The number of fused-ring (bicyclic) bond motifs is 2. The Kier molecular flexibility index (Phi) is 3.09. The van der Waals surface area contributed by atoms with E-state index in [2.05, 4.69) is 5.32 Å². The molecule has 3 nitrogen and oxygen atoms in total. The average Bonchev–Trinajstić information content (AvgIpc) is 2.27. The molecule has 2 saturated heterocycles. The van der Waals surface area contributed by atoms with E-state index < -0.39 is 5.60 Å². The van der Waals surface area contributed by atoms with Crippen molar-refractivity contribution in [1.82, 2.24) is 5.32 Å². The number of halogens is 1. The van der Waals surface area contributed by atoms with Crippen molar-refractivity contribution in [2.45, 2.75) is 36.9 Å². The molecule has 0 amide bonds. The van der Waals surface area contributed by atoms with Gasteiger partial charge in [-0.25, -0.2) is 4.39 Å². The minimum atomic E-state index is -0.738. The standard InChI is InChI=1S/C14H18FNO2/c15-11-3-1-2-10(4-11)5-14(17)6-12-8-18-9-13(7-14)16-12/h1-4,12-13,16-17H,5-9H2. The van der Waals surface area contributed by atoms with Crippen LogP contribution in [0.3, 0.4) is 0 Å². The molecule has 1 aromatic carbocycles. The van der Waals surface area contributed by atoms with Crippen molar-refractivity contribution in [3.63, 3.8) is 0 Å². The molecular formula is C14H18FNO2. The molecule has 2 fully saturated rings. The van der Waals surface area contributed by atoms with Gasteiger partial charge in [0.15, 0.2) is 0 Å². The minimum Gasteiger partial charge on any atom is -0.389 e. The largest absolute Gasteiger partial charge is 0.389 e. The molecule has 0 aliphatic carbocycles. The van der Waals surface area contributed by atoms with Crippen LogP contribution >= 0.6 is 0 Å². The molecule has 4 heteroatoms. The zero-order valence-corrected chi connectivity index (χ0v) is 10.2. The van der Waals surface area contributed by atoms with E-state index in [0.717, 1.165) is 5.56 Å². The van der Waals surface area contributed by atoms with E-state index in [1.54, 1.807) is 6.07 Å². The van der Waals surface area contributed by atoms with Crippen molar-refractivity contribution in [2.75, 3.05) is 13.2 Å². The van der Waals surface area contributed by atoms with Crippen LogP contribution in [0, 0.1) is 5.82 Å². The average molecular weight is 251 g/mol. The fraction of sp³-hybridized carbons (Fsp3) is 0.571. The quantitative estimate of drug-likeness (QED) is 0.831. The lowest BCUT2D eigenvalue weighted by Gasteiger charge is -2.45. The van der Waals surface area contributed by atoms with Gasteiger partial charge in [0.05, 0.1) is 18.8 Å². The SMILES string of the molecule is OC1(Cc2cccc(F)c2)CC2COCC(C1)N2. The van der Waals surface area contributed by atoms with Crippen LogP contribution in [0.15, 0.2) is 24.3 Å². The van der Waals surface area contributed by atoms with Gasteiger partial charge in [-0.05, 0) is 30.5 Å². The Morgan fingerprint density at radius 3 is 2.72 bits per heavy atom. The molecule has 3 rings (SSSR count). The number of aliphatic hydroxyl groups is 1. The highest BCUT2D eigenvalue weighted by molar-refractivity contribution is 5.19. The Bertz CT molecular complexity index is 426. The highest BCUT2D eigenvalue weighted by Gasteiger charge is 2.41. The highest BCUT2D eigenvalue weighted by Crippen LogP contribution is 2.31. The lowest BCUT2D eigenvalue weighted by atomic mass is 9.79. The van der Waals surface area contributed by atoms with E-state index in [-0.39, 0.29) is 17.9 Å². The van der Waals surface area contributed by atoms with Crippen molar-refractivity contribution in [2.24, 2.45) is 0 Å². The smallest absolute Gasteiger partial charge is 0.123 e. The second kappa shape index (κ2) is 4.61. The van der Waals surface area contributed by atoms with Gasteiger partial charge < -0.3 is 15.2 Å². The zero-order chi connectivity index (χ0) is 12.6. The first-order valence-electron chi connectivity index (χ1n) is 6.44. The summed E-state index contributed by atoms with van der Waals surface area (Å²) in [6.07, 6.45) is 1.85. The molecule has 2 bridgehead atoms. The Hall–Kier alpha value is -0.970. The third-order valence-electron chi connectivity index (χ3n) is 3.78. The first kappa shape index (κ1) is 12.1. The van der Waals surface area contributed by atoms with Crippen molar-refractivity contribution in [3.05, 3.63) is 35.6 Å². The van der Waals surface area contributed by atoms with E-state index >= 15 is 0 Å². The molecular weight excluding hydrogens is 233 g/mol.